The first-order chi connectivity index (χ1) is 14.2. The molecule has 4 aromatic rings. The van der Waals surface area contributed by atoms with Crippen molar-refractivity contribution in [1.82, 2.24) is 20.2 Å². The van der Waals surface area contributed by atoms with Gasteiger partial charge in [0.2, 0.25) is 0 Å². The summed E-state index contributed by atoms with van der Waals surface area (Å²) in [5.41, 5.74) is 3.87. The second-order valence-corrected chi connectivity index (χ2v) is 6.30. The number of aromatic nitrogens is 3. The number of carbonyl (C=O) groups is 1. The molecule has 0 radical (unpaired) electrons. The molecule has 0 unspecified atom stereocenters. The molecule has 2 heterocycles. The molecule has 2 aromatic heterocycles. The van der Waals surface area contributed by atoms with Crippen LogP contribution in [0.25, 0.3) is 10.8 Å². The maximum Gasteiger partial charge on any atom is 0.292 e. The first kappa shape index (κ1) is 18.2. The molecule has 0 saturated carbocycles. The highest BCUT2D eigenvalue weighted by Gasteiger charge is 2.16. The Morgan fingerprint density at radius 3 is 2.45 bits per heavy atom. The van der Waals surface area contributed by atoms with E-state index in [1.165, 1.54) is 10.9 Å². The van der Waals surface area contributed by atoms with E-state index in [4.69, 9.17) is 0 Å². The van der Waals surface area contributed by atoms with Gasteiger partial charge in [-0.3, -0.25) is 14.6 Å². The fourth-order valence-corrected chi connectivity index (χ4v) is 2.93. The Labute approximate surface area is 166 Å². The van der Waals surface area contributed by atoms with Gasteiger partial charge in [-0.15, -0.1) is 0 Å². The molecule has 0 aliphatic rings. The standard InChI is InChI=1S/C22H17N5O2/c28-21(25-24-14-17-10-6-7-13-23-17)20-18-11-4-5-12-19(18)22(29)27(26-20)15-16-8-2-1-3-9-16/h1-14H,15H2,(H,25,28). The lowest BCUT2D eigenvalue weighted by atomic mass is 10.1. The number of nitrogens with one attached hydrogen (secondary N) is 1. The Hall–Kier alpha value is -4.13. The number of amides is 1. The van der Waals surface area contributed by atoms with Crippen LogP contribution in [0, 0.1) is 0 Å². The topological polar surface area (TPSA) is 89.2 Å². The van der Waals surface area contributed by atoms with E-state index in [0.29, 0.717) is 16.5 Å². The van der Waals surface area contributed by atoms with E-state index in [9.17, 15) is 9.59 Å². The van der Waals surface area contributed by atoms with Crippen LogP contribution in [0.2, 0.25) is 0 Å². The fourth-order valence-electron chi connectivity index (χ4n) is 2.93. The van der Waals surface area contributed by atoms with E-state index in [0.717, 1.165) is 5.56 Å². The lowest BCUT2D eigenvalue weighted by Gasteiger charge is -2.10. The molecule has 0 saturated heterocycles. The summed E-state index contributed by atoms with van der Waals surface area (Å²) < 4.78 is 1.30. The van der Waals surface area contributed by atoms with Crippen molar-refractivity contribution in [3.05, 3.63) is 106 Å². The van der Waals surface area contributed by atoms with Gasteiger partial charge in [-0.05, 0) is 23.8 Å². The van der Waals surface area contributed by atoms with Crippen molar-refractivity contribution in [1.29, 1.82) is 0 Å². The van der Waals surface area contributed by atoms with Gasteiger partial charge in [0.1, 0.15) is 0 Å². The van der Waals surface area contributed by atoms with Gasteiger partial charge < -0.3 is 0 Å². The summed E-state index contributed by atoms with van der Waals surface area (Å²) in [6.07, 6.45) is 3.08. The minimum atomic E-state index is -0.504. The number of carbonyl (C=O) groups excluding carboxylic acids is 1. The minimum absolute atomic E-state index is 0.134. The van der Waals surface area contributed by atoms with Crippen LogP contribution in [0.3, 0.4) is 0 Å². The quantitative estimate of drug-likeness (QED) is 0.424. The molecule has 2 aromatic carbocycles. The van der Waals surface area contributed by atoms with Crippen molar-refractivity contribution in [3.8, 4) is 0 Å². The second-order valence-electron chi connectivity index (χ2n) is 6.30. The first-order valence-electron chi connectivity index (χ1n) is 9.00. The van der Waals surface area contributed by atoms with Crippen LogP contribution in [0.5, 0.6) is 0 Å². The molecule has 7 heteroatoms. The minimum Gasteiger partial charge on any atom is -0.267 e. The first-order valence-corrected chi connectivity index (χ1v) is 9.00. The van der Waals surface area contributed by atoms with E-state index < -0.39 is 5.91 Å². The summed E-state index contributed by atoms with van der Waals surface area (Å²) >= 11 is 0. The summed E-state index contributed by atoms with van der Waals surface area (Å²) in [6.45, 7) is 0.266. The van der Waals surface area contributed by atoms with Gasteiger partial charge in [0.05, 0.1) is 23.8 Å². The summed E-state index contributed by atoms with van der Waals surface area (Å²) in [6, 6.07) is 21.8. The predicted octanol–water partition coefficient (Wildman–Crippen LogP) is 2.60. The Morgan fingerprint density at radius 2 is 1.69 bits per heavy atom. The van der Waals surface area contributed by atoms with Crippen LogP contribution in [-0.2, 0) is 6.54 Å². The number of nitrogens with zero attached hydrogens (tertiary/aromatic N) is 4. The summed E-state index contributed by atoms with van der Waals surface area (Å²) in [4.78, 5) is 29.7. The molecule has 0 bridgehead atoms. The Morgan fingerprint density at radius 1 is 0.966 bits per heavy atom. The number of hydrogen-bond donors (Lipinski definition) is 1. The lowest BCUT2D eigenvalue weighted by Crippen LogP contribution is -2.29. The second kappa shape index (κ2) is 8.26. The SMILES string of the molecule is O=C(NN=Cc1ccccn1)c1nn(Cc2ccccc2)c(=O)c2ccccc12. The van der Waals surface area contributed by atoms with Crippen LogP contribution < -0.4 is 11.0 Å². The smallest absolute Gasteiger partial charge is 0.267 e. The van der Waals surface area contributed by atoms with E-state index >= 15 is 0 Å². The number of hydrazone groups is 1. The molecule has 142 valence electrons. The van der Waals surface area contributed by atoms with Gasteiger partial charge in [0.25, 0.3) is 11.5 Å². The average Bonchev–Trinajstić information content (AvgIpc) is 2.77. The number of hydrogen-bond acceptors (Lipinski definition) is 5. The van der Waals surface area contributed by atoms with Crippen LogP contribution in [-0.4, -0.2) is 26.9 Å². The maximum absolute atomic E-state index is 12.8. The highest BCUT2D eigenvalue weighted by atomic mass is 16.2. The largest absolute Gasteiger partial charge is 0.292 e. The molecule has 0 fully saturated rings. The van der Waals surface area contributed by atoms with Gasteiger partial charge in [-0.2, -0.15) is 10.2 Å². The van der Waals surface area contributed by atoms with Crippen LogP contribution in [0.4, 0.5) is 0 Å². The van der Waals surface area contributed by atoms with Gasteiger partial charge >= 0.3 is 0 Å². The molecule has 0 atom stereocenters. The zero-order valence-corrected chi connectivity index (χ0v) is 15.4. The molecule has 29 heavy (non-hydrogen) atoms. The Kier molecular flexibility index (Phi) is 5.20. The normalized spacial score (nSPS) is 11.0. The number of benzene rings is 2. The van der Waals surface area contributed by atoms with E-state index in [2.05, 4.69) is 20.6 Å². The summed E-state index contributed by atoms with van der Waals surface area (Å²) in [7, 11) is 0. The zero-order chi connectivity index (χ0) is 20.1. The van der Waals surface area contributed by atoms with Crippen molar-refractivity contribution >= 4 is 22.9 Å². The monoisotopic (exact) mass is 383 g/mol. The molecule has 1 amide bonds. The number of rotatable bonds is 5. The molecule has 1 N–H and O–H groups in total. The van der Waals surface area contributed by atoms with Gasteiger partial charge in [0.15, 0.2) is 5.69 Å². The third-order valence-electron chi connectivity index (χ3n) is 4.31. The number of pyridine rings is 1. The third-order valence-corrected chi connectivity index (χ3v) is 4.31. The Bertz CT molecular complexity index is 1230. The van der Waals surface area contributed by atoms with E-state index in [-0.39, 0.29) is 17.8 Å². The third kappa shape index (κ3) is 4.08. The lowest BCUT2D eigenvalue weighted by molar-refractivity contribution is 0.0949. The molecule has 0 aliphatic carbocycles. The molecule has 4 rings (SSSR count). The van der Waals surface area contributed by atoms with Gasteiger partial charge in [0, 0.05) is 11.6 Å². The maximum atomic E-state index is 12.8. The molecular formula is C22H17N5O2. The van der Waals surface area contributed by atoms with Crippen LogP contribution in [0.15, 0.2) is 88.9 Å². The van der Waals surface area contributed by atoms with E-state index in [1.807, 2.05) is 36.4 Å². The average molecular weight is 383 g/mol. The van der Waals surface area contributed by atoms with Crippen molar-refractivity contribution < 1.29 is 4.79 Å². The van der Waals surface area contributed by atoms with E-state index in [1.54, 1.807) is 42.6 Å². The van der Waals surface area contributed by atoms with Crippen molar-refractivity contribution in [2.24, 2.45) is 5.10 Å². The molecule has 0 spiro atoms. The summed E-state index contributed by atoms with van der Waals surface area (Å²) in [5, 5.41) is 9.18. The summed E-state index contributed by atoms with van der Waals surface area (Å²) in [5.74, 6) is -0.504. The van der Waals surface area contributed by atoms with Crippen molar-refractivity contribution in [2.75, 3.05) is 0 Å². The van der Waals surface area contributed by atoms with Gasteiger partial charge in [-0.1, -0.05) is 54.6 Å². The highest BCUT2D eigenvalue weighted by molar-refractivity contribution is 6.04. The molecule has 0 aliphatic heterocycles. The van der Waals surface area contributed by atoms with Crippen molar-refractivity contribution in [2.45, 2.75) is 6.54 Å². The molecular weight excluding hydrogens is 366 g/mol. The fraction of sp³-hybridized carbons (Fsp3) is 0.0455. The van der Waals surface area contributed by atoms with Crippen molar-refractivity contribution in [3.63, 3.8) is 0 Å². The number of fused-ring (bicyclic) bond motifs is 1. The predicted molar refractivity (Wildman–Crippen MR) is 111 cm³/mol. The van der Waals surface area contributed by atoms with Gasteiger partial charge in [-0.25, -0.2) is 10.1 Å². The van der Waals surface area contributed by atoms with Crippen LogP contribution >= 0.6 is 0 Å². The highest BCUT2D eigenvalue weighted by Crippen LogP contribution is 2.14. The Balaban J connectivity index is 1.69. The molecule has 7 nitrogen and oxygen atoms in total. The zero-order valence-electron chi connectivity index (χ0n) is 15.4. The van der Waals surface area contributed by atoms with Crippen LogP contribution in [0.1, 0.15) is 21.7 Å².